The molecule has 0 aliphatic heterocycles. The average molecular weight is 265 g/mol. The normalized spacial score (nSPS) is 10.3. The second-order valence-corrected chi connectivity index (χ2v) is 4.12. The molecule has 2 rings (SSSR count). The lowest BCUT2D eigenvalue weighted by Gasteiger charge is -2.05. The Morgan fingerprint density at radius 1 is 1.33 bits per heavy atom. The van der Waals surface area contributed by atoms with Crippen molar-refractivity contribution in [3.05, 3.63) is 51.3 Å². The molecule has 0 unspecified atom stereocenters. The first-order chi connectivity index (χ1) is 8.49. The first-order valence-electron chi connectivity index (χ1n) is 5.06. The number of aromatic carboxylic acids is 1. The first kappa shape index (κ1) is 12.3. The summed E-state index contributed by atoms with van der Waals surface area (Å²) in [7, 11) is 1.41. The lowest BCUT2D eigenvalue weighted by molar-refractivity contribution is 0.0694. The molecule has 0 aliphatic rings. The van der Waals surface area contributed by atoms with E-state index in [-0.39, 0.29) is 5.56 Å². The van der Waals surface area contributed by atoms with Gasteiger partial charge in [-0.2, -0.15) is 5.10 Å². The van der Waals surface area contributed by atoms with Crippen LogP contribution in [0.15, 0.2) is 35.1 Å². The third kappa shape index (κ3) is 2.26. The fourth-order valence-electron chi connectivity index (χ4n) is 1.52. The van der Waals surface area contributed by atoms with Gasteiger partial charge >= 0.3 is 5.97 Å². The van der Waals surface area contributed by atoms with Crippen LogP contribution in [0.4, 0.5) is 0 Å². The Balaban J connectivity index is 2.62. The third-order valence-electron chi connectivity index (χ3n) is 2.43. The predicted molar refractivity (Wildman–Crippen MR) is 66.9 cm³/mol. The number of halogens is 1. The molecule has 0 saturated heterocycles. The largest absolute Gasteiger partial charge is 0.477 e. The highest BCUT2D eigenvalue weighted by molar-refractivity contribution is 6.30. The topological polar surface area (TPSA) is 72.2 Å². The zero-order chi connectivity index (χ0) is 13.3. The summed E-state index contributed by atoms with van der Waals surface area (Å²) >= 11 is 5.77. The number of rotatable bonds is 2. The van der Waals surface area contributed by atoms with Gasteiger partial charge in [0, 0.05) is 17.6 Å². The molecule has 1 aromatic heterocycles. The minimum absolute atomic E-state index is 0.308. The van der Waals surface area contributed by atoms with Crippen LogP contribution in [-0.2, 0) is 7.05 Å². The molecule has 18 heavy (non-hydrogen) atoms. The van der Waals surface area contributed by atoms with Crippen molar-refractivity contribution >= 4 is 17.6 Å². The van der Waals surface area contributed by atoms with Crippen molar-refractivity contribution in [3.63, 3.8) is 0 Å². The lowest BCUT2D eigenvalue weighted by Crippen LogP contribution is -2.26. The van der Waals surface area contributed by atoms with Crippen LogP contribution in [0.2, 0.25) is 5.02 Å². The quantitative estimate of drug-likeness (QED) is 0.898. The minimum Gasteiger partial charge on any atom is -0.477 e. The Kier molecular flexibility index (Phi) is 3.16. The number of hydrogen-bond acceptors (Lipinski definition) is 3. The van der Waals surface area contributed by atoms with Gasteiger partial charge in [0.15, 0.2) is 0 Å². The van der Waals surface area contributed by atoms with Gasteiger partial charge < -0.3 is 5.11 Å². The van der Waals surface area contributed by atoms with Gasteiger partial charge in [-0.3, -0.25) is 4.79 Å². The smallest absolute Gasteiger partial charge is 0.341 e. The maximum atomic E-state index is 11.5. The number of hydrogen-bond donors (Lipinski definition) is 1. The molecule has 0 atom stereocenters. The summed E-state index contributed by atoms with van der Waals surface area (Å²) in [5, 5.41) is 13.5. The van der Waals surface area contributed by atoms with Gasteiger partial charge in [0.25, 0.3) is 5.56 Å². The molecule has 1 heterocycles. The number of carboxylic acids is 1. The van der Waals surface area contributed by atoms with E-state index in [9.17, 15) is 9.59 Å². The zero-order valence-corrected chi connectivity index (χ0v) is 10.2. The van der Waals surface area contributed by atoms with Gasteiger partial charge in [0.1, 0.15) is 5.56 Å². The van der Waals surface area contributed by atoms with Gasteiger partial charge in [0.2, 0.25) is 0 Å². The molecule has 0 spiro atoms. The highest BCUT2D eigenvalue weighted by Gasteiger charge is 2.13. The van der Waals surface area contributed by atoms with Crippen molar-refractivity contribution in [2.45, 2.75) is 0 Å². The fourth-order valence-corrected chi connectivity index (χ4v) is 1.65. The van der Waals surface area contributed by atoms with E-state index in [1.165, 1.54) is 13.1 Å². The van der Waals surface area contributed by atoms with E-state index in [1.54, 1.807) is 24.3 Å². The summed E-state index contributed by atoms with van der Waals surface area (Å²) in [5.74, 6) is -1.27. The van der Waals surface area contributed by atoms with Gasteiger partial charge in [-0.25, -0.2) is 9.48 Å². The molecule has 2 aromatic rings. The van der Waals surface area contributed by atoms with Crippen LogP contribution < -0.4 is 5.56 Å². The van der Waals surface area contributed by atoms with Crippen molar-refractivity contribution in [2.75, 3.05) is 0 Å². The Bertz CT molecular complexity index is 662. The van der Waals surface area contributed by atoms with Crippen LogP contribution in [-0.4, -0.2) is 20.9 Å². The van der Waals surface area contributed by atoms with E-state index >= 15 is 0 Å². The summed E-state index contributed by atoms with van der Waals surface area (Å²) in [6.45, 7) is 0. The molecular weight excluding hydrogens is 256 g/mol. The second-order valence-electron chi connectivity index (χ2n) is 3.68. The summed E-state index contributed by atoms with van der Waals surface area (Å²) < 4.78 is 1.01. The standard InChI is InChI=1S/C12H9ClN2O3/c1-15-11(16)9(12(17)18)6-10(14-15)7-2-4-8(13)5-3-7/h2-6H,1H3,(H,17,18). The third-order valence-corrected chi connectivity index (χ3v) is 2.69. The molecule has 5 nitrogen and oxygen atoms in total. The Morgan fingerprint density at radius 2 is 1.94 bits per heavy atom. The molecule has 0 aliphatic carbocycles. The Hall–Kier alpha value is -2.14. The summed E-state index contributed by atoms with van der Waals surface area (Å²) in [4.78, 5) is 22.5. The van der Waals surface area contributed by atoms with Gasteiger partial charge in [-0.1, -0.05) is 23.7 Å². The maximum Gasteiger partial charge on any atom is 0.341 e. The molecule has 1 N–H and O–H groups in total. The predicted octanol–water partition coefficient (Wildman–Crippen LogP) is 1.80. The molecule has 0 amide bonds. The summed E-state index contributed by atoms with van der Waals surface area (Å²) in [5.41, 5.74) is 0.154. The van der Waals surface area contributed by atoms with Gasteiger partial charge in [-0.15, -0.1) is 0 Å². The van der Waals surface area contributed by atoms with E-state index in [4.69, 9.17) is 16.7 Å². The van der Waals surface area contributed by atoms with Crippen LogP contribution >= 0.6 is 11.6 Å². The van der Waals surface area contributed by atoms with Gasteiger partial charge in [0.05, 0.1) is 5.69 Å². The van der Waals surface area contributed by atoms with Crippen molar-refractivity contribution in [1.29, 1.82) is 0 Å². The highest BCUT2D eigenvalue weighted by atomic mass is 35.5. The lowest BCUT2D eigenvalue weighted by atomic mass is 10.1. The summed E-state index contributed by atoms with van der Waals surface area (Å²) in [6.07, 6.45) is 0. The Morgan fingerprint density at radius 3 is 2.50 bits per heavy atom. The average Bonchev–Trinajstić information content (AvgIpc) is 2.33. The molecule has 1 aromatic carbocycles. The summed E-state index contributed by atoms with van der Waals surface area (Å²) in [6, 6.07) is 8.02. The highest BCUT2D eigenvalue weighted by Crippen LogP contribution is 2.19. The van der Waals surface area contributed by atoms with Crippen molar-refractivity contribution in [1.82, 2.24) is 9.78 Å². The molecule has 0 bridgehead atoms. The van der Waals surface area contributed by atoms with Crippen LogP contribution in [0.1, 0.15) is 10.4 Å². The number of benzene rings is 1. The Labute approximate surface area is 107 Å². The second kappa shape index (κ2) is 4.62. The molecule has 92 valence electrons. The van der Waals surface area contributed by atoms with Crippen LogP contribution in [0.3, 0.4) is 0 Å². The van der Waals surface area contributed by atoms with Crippen LogP contribution in [0.25, 0.3) is 11.3 Å². The number of carbonyl (C=O) groups is 1. The molecule has 0 saturated carbocycles. The van der Waals surface area contributed by atoms with E-state index in [1.807, 2.05) is 0 Å². The van der Waals surface area contributed by atoms with Crippen molar-refractivity contribution < 1.29 is 9.90 Å². The van der Waals surface area contributed by atoms with Crippen LogP contribution in [0.5, 0.6) is 0 Å². The first-order valence-corrected chi connectivity index (χ1v) is 5.44. The molecular formula is C12H9ClN2O3. The number of carboxylic acid groups (broad SMARTS) is 1. The van der Waals surface area contributed by atoms with Crippen molar-refractivity contribution in [2.24, 2.45) is 7.05 Å². The maximum absolute atomic E-state index is 11.5. The van der Waals surface area contributed by atoms with E-state index in [0.717, 1.165) is 4.68 Å². The SMILES string of the molecule is Cn1nc(-c2ccc(Cl)cc2)cc(C(=O)O)c1=O. The van der Waals surface area contributed by atoms with E-state index in [2.05, 4.69) is 5.10 Å². The number of aromatic nitrogens is 2. The fraction of sp³-hybridized carbons (Fsp3) is 0.0833. The van der Waals surface area contributed by atoms with Gasteiger partial charge in [-0.05, 0) is 18.2 Å². The molecule has 0 fully saturated rings. The number of aryl methyl sites for hydroxylation is 1. The van der Waals surface area contributed by atoms with E-state index < -0.39 is 11.5 Å². The van der Waals surface area contributed by atoms with Crippen molar-refractivity contribution in [3.8, 4) is 11.3 Å². The van der Waals surface area contributed by atoms with E-state index in [0.29, 0.717) is 16.3 Å². The number of nitrogens with zero attached hydrogens (tertiary/aromatic N) is 2. The molecule has 6 heteroatoms. The monoisotopic (exact) mass is 264 g/mol. The van der Waals surface area contributed by atoms with Crippen LogP contribution in [0, 0.1) is 0 Å². The zero-order valence-electron chi connectivity index (χ0n) is 9.42. The molecule has 0 radical (unpaired) electrons. The minimum atomic E-state index is -1.27.